The zero-order valence-electron chi connectivity index (χ0n) is 12.9. The lowest BCUT2D eigenvalue weighted by atomic mass is 9.93. The number of anilines is 1. The van der Waals surface area contributed by atoms with Gasteiger partial charge in [-0.05, 0) is 32.4 Å². The summed E-state index contributed by atoms with van der Waals surface area (Å²) in [6, 6.07) is 9.84. The molecule has 3 nitrogen and oxygen atoms in total. The molecule has 0 radical (unpaired) electrons. The first-order chi connectivity index (χ1) is 9.62. The molecule has 1 unspecified atom stereocenters. The Hall–Kier alpha value is -1.51. The van der Waals surface area contributed by atoms with Gasteiger partial charge in [0.05, 0.1) is 6.61 Å². The summed E-state index contributed by atoms with van der Waals surface area (Å²) in [6.07, 6.45) is 5.39. The van der Waals surface area contributed by atoms with Crippen LogP contribution < -0.4 is 5.32 Å². The van der Waals surface area contributed by atoms with Crippen molar-refractivity contribution in [1.29, 1.82) is 0 Å². The maximum Gasteiger partial charge on any atom is 0.331 e. The third kappa shape index (κ3) is 5.24. The number of ether oxygens (including phenoxy) is 1. The lowest BCUT2D eigenvalue weighted by Gasteiger charge is -2.29. The number of carbonyl (C=O) groups is 1. The minimum Gasteiger partial charge on any atom is -0.464 e. The average Bonchev–Trinajstić information content (AvgIpc) is 2.45. The van der Waals surface area contributed by atoms with E-state index in [0.29, 0.717) is 6.61 Å². The van der Waals surface area contributed by atoms with Crippen LogP contribution in [0, 0.1) is 0 Å². The molecule has 0 bridgehead atoms. The zero-order valence-corrected chi connectivity index (χ0v) is 12.9. The number of hydrogen-bond acceptors (Lipinski definition) is 3. The molecular weight excluding hydrogens is 250 g/mol. The van der Waals surface area contributed by atoms with Crippen molar-refractivity contribution in [1.82, 2.24) is 0 Å². The largest absolute Gasteiger partial charge is 0.464 e. The summed E-state index contributed by atoms with van der Waals surface area (Å²) in [6.45, 7) is 6.38. The van der Waals surface area contributed by atoms with Gasteiger partial charge >= 0.3 is 5.97 Å². The molecule has 0 aliphatic rings. The Morgan fingerprint density at radius 3 is 2.45 bits per heavy atom. The highest BCUT2D eigenvalue weighted by Crippen LogP contribution is 2.23. The minimum absolute atomic E-state index is 0.166. The fourth-order valence-corrected chi connectivity index (χ4v) is 2.25. The first kappa shape index (κ1) is 16.5. The molecule has 0 aromatic heterocycles. The third-order valence-corrected chi connectivity index (χ3v) is 3.45. The standard InChI is InChI=1S/C17H27NO2/c1-4-6-7-11-14-17(3,16(19)20-5-2)18-15-12-9-8-10-13-15/h8-10,12-13,18H,4-7,11,14H2,1-3H3. The molecule has 0 heterocycles. The van der Waals surface area contributed by atoms with Crippen molar-refractivity contribution in [2.24, 2.45) is 0 Å². The molecule has 0 aliphatic heterocycles. The van der Waals surface area contributed by atoms with Crippen molar-refractivity contribution >= 4 is 11.7 Å². The van der Waals surface area contributed by atoms with Crippen molar-refractivity contribution < 1.29 is 9.53 Å². The van der Waals surface area contributed by atoms with Crippen LogP contribution in [0.2, 0.25) is 0 Å². The molecule has 20 heavy (non-hydrogen) atoms. The molecule has 1 aromatic carbocycles. The van der Waals surface area contributed by atoms with Gasteiger partial charge in [0.25, 0.3) is 0 Å². The van der Waals surface area contributed by atoms with E-state index in [4.69, 9.17) is 4.74 Å². The lowest BCUT2D eigenvalue weighted by Crippen LogP contribution is -2.44. The van der Waals surface area contributed by atoms with E-state index in [2.05, 4.69) is 12.2 Å². The molecule has 1 aromatic rings. The molecular formula is C17H27NO2. The normalized spacial score (nSPS) is 13.6. The van der Waals surface area contributed by atoms with Crippen LogP contribution >= 0.6 is 0 Å². The highest BCUT2D eigenvalue weighted by Gasteiger charge is 2.34. The van der Waals surface area contributed by atoms with E-state index in [9.17, 15) is 4.79 Å². The minimum atomic E-state index is -0.648. The van der Waals surface area contributed by atoms with E-state index >= 15 is 0 Å². The predicted molar refractivity (Wildman–Crippen MR) is 83.9 cm³/mol. The van der Waals surface area contributed by atoms with Crippen LogP contribution in [0.1, 0.15) is 52.9 Å². The van der Waals surface area contributed by atoms with E-state index in [1.54, 1.807) is 0 Å². The summed E-state index contributed by atoms with van der Waals surface area (Å²) in [5.41, 5.74) is 0.309. The van der Waals surface area contributed by atoms with Crippen LogP contribution in [-0.2, 0) is 9.53 Å². The number of unbranched alkanes of at least 4 members (excludes halogenated alkanes) is 3. The van der Waals surface area contributed by atoms with Crippen LogP contribution in [0.3, 0.4) is 0 Å². The van der Waals surface area contributed by atoms with Gasteiger partial charge in [-0.1, -0.05) is 50.8 Å². The summed E-state index contributed by atoms with van der Waals surface area (Å²) in [5, 5.41) is 3.34. The molecule has 0 spiro atoms. The van der Waals surface area contributed by atoms with Gasteiger partial charge in [0.2, 0.25) is 0 Å². The summed E-state index contributed by atoms with van der Waals surface area (Å²) < 4.78 is 5.23. The summed E-state index contributed by atoms with van der Waals surface area (Å²) in [4.78, 5) is 12.2. The van der Waals surface area contributed by atoms with Crippen molar-refractivity contribution in [3.8, 4) is 0 Å². The van der Waals surface area contributed by atoms with E-state index in [-0.39, 0.29) is 5.97 Å². The van der Waals surface area contributed by atoms with Gasteiger partial charge in [0.1, 0.15) is 5.54 Å². The Morgan fingerprint density at radius 1 is 1.15 bits per heavy atom. The van der Waals surface area contributed by atoms with Gasteiger partial charge in [-0.25, -0.2) is 4.79 Å². The van der Waals surface area contributed by atoms with E-state index in [0.717, 1.165) is 24.9 Å². The smallest absolute Gasteiger partial charge is 0.331 e. The van der Waals surface area contributed by atoms with E-state index < -0.39 is 5.54 Å². The number of hydrogen-bond donors (Lipinski definition) is 1. The maximum atomic E-state index is 12.2. The average molecular weight is 277 g/mol. The van der Waals surface area contributed by atoms with Crippen LogP contribution in [0.4, 0.5) is 5.69 Å². The van der Waals surface area contributed by atoms with Crippen molar-refractivity contribution in [2.75, 3.05) is 11.9 Å². The van der Waals surface area contributed by atoms with Gasteiger partial charge in [0.15, 0.2) is 0 Å². The molecule has 0 saturated heterocycles. The topological polar surface area (TPSA) is 38.3 Å². The second-order valence-corrected chi connectivity index (χ2v) is 5.35. The number of carbonyl (C=O) groups excluding carboxylic acids is 1. The summed E-state index contributed by atoms with van der Waals surface area (Å²) in [7, 11) is 0. The van der Waals surface area contributed by atoms with Crippen molar-refractivity contribution in [2.45, 2.75) is 58.4 Å². The first-order valence-corrected chi connectivity index (χ1v) is 7.63. The second kappa shape index (κ2) is 8.62. The molecule has 1 atom stereocenters. The van der Waals surface area contributed by atoms with E-state index in [1.165, 1.54) is 12.8 Å². The Labute approximate surface area is 122 Å². The lowest BCUT2D eigenvalue weighted by molar-refractivity contribution is -0.148. The Kier molecular flexibility index (Phi) is 7.13. The van der Waals surface area contributed by atoms with E-state index in [1.807, 2.05) is 44.2 Å². The molecule has 1 N–H and O–H groups in total. The fraction of sp³-hybridized carbons (Fsp3) is 0.588. The Balaban J connectivity index is 2.70. The van der Waals surface area contributed by atoms with Gasteiger partial charge in [0, 0.05) is 5.69 Å². The number of rotatable bonds is 9. The van der Waals surface area contributed by atoms with Gasteiger partial charge in [-0.3, -0.25) is 0 Å². The number of benzene rings is 1. The number of esters is 1. The van der Waals surface area contributed by atoms with Crippen LogP contribution in [0.5, 0.6) is 0 Å². The second-order valence-electron chi connectivity index (χ2n) is 5.35. The van der Waals surface area contributed by atoms with Gasteiger partial charge in [-0.2, -0.15) is 0 Å². The number of para-hydroxylation sites is 1. The fourth-order valence-electron chi connectivity index (χ4n) is 2.25. The first-order valence-electron chi connectivity index (χ1n) is 7.63. The SMILES string of the molecule is CCCCCCC(C)(Nc1ccccc1)C(=O)OCC. The Bertz CT molecular complexity index is 391. The van der Waals surface area contributed by atoms with Crippen LogP contribution in [0.15, 0.2) is 30.3 Å². The highest BCUT2D eigenvalue weighted by atomic mass is 16.5. The quantitative estimate of drug-likeness (QED) is 0.537. The Morgan fingerprint density at radius 2 is 1.85 bits per heavy atom. The van der Waals surface area contributed by atoms with Gasteiger partial charge in [-0.15, -0.1) is 0 Å². The predicted octanol–water partition coefficient (Wildman–Crippen LogP) is 4.39. The van der Waals surface area contributed by atoms with Crippen molar-refractivity contribution in [3.63, 3.8) is 0 Å². The van der Waals surface area contributed by atoms with Gasteiger partial charge < -0.3 is 10.1 Å². The van der Waals surface area contributed by atoms with Crippen LogP contribution in [-0.4, -0.2) is 18.1 Å². The zero-order chi connectivity index (χ0) is 14.8. The molecule has 0 saturated carbocycles. The van der Waals surface area contributed by atoms with Crippen molar-refractivity contribution in [3.05, 3.63) is 30.3 Å². The number of nitrogens with one attached hydrogen (secondary N) is 1. The monoisotopic (exact) mass is 277 g/mol. The summed E-state index contributed by atoms with van der Waals surface area (Å²) >= 11 is 0. The summed E-state index contributed by atoms with van der Waals surface area (Å²) in [5.74, 6) is -0.166. The third-order valence-electron chi connectivity index (χ3n) is 3.45. The molecule has 1 rings (SSSR count). The molecule has 0 amide bonds. The highest BCUT2D eigenvalue weighted by molar-refractivity contribution is 5.84. The molecule has 0 fully saturated rings. The molecule has 3 heteroatoms. The maximum absolute atomic E-state index is 12.2. The molecule has 112 valence electrons. The van der Waals surface area contributed by atoms with Crippen LogP contribution in [0.25, 0.3) is 0 Å². The molecule has 0 aliphatic carbocycles.